The molecule has 0 bridgehead atoms. The van der Waals surface area contributed by atoms with Crippen molar-refractivity contribution in [2.45, 2.75) is 27.7 Å². The number of aryl methyl sites for hydroxylation is 2. The molecule has 0 saturated carbocycles. The van der Waals surface area contributed by atoms with E-state index in [9.17, 15) is 0 Å². The first-order chi connectivity index (χ1) is 14.7. The van der Waals surface area contributed by atoms with Crippen molar-refractivity contribution in [3.05, 3.63) is 87.2 Å². The molecule has 31 heavy (non-hydrogen) atoms. The molecule has 3 nitrogen and oxygen atoms in total. The fourth-order valence-corrected chi connectivity index (χ4v) is 3.27. The van der Waals surface area contributed by atoms with Gasteiger partial charge >= 0.3 is 33.3 Å². The second kappa shape index (κ2) is 12.6. The molecule has 0 N–H and O–H groups in total. The monoisotopic (exact) mass is 535 g/mol. The average molecular weight is 537 g/mol. The molecular weight excluding hydrogens is 516 g/mol. The number of rotatable bonds is 4. The van der Waals surface area contributed by atoms with Crippen LogP contribution in [0.4, 0.5) is 11.4 Å². The van der Waals surface area contributed by atoms with Crippen molar-refractivity contribution in [3.63, 3.8) is 0 Å². The third-order valence-electron chi connectivity index (χ3n) is 4.27. The molecule has 164 valence electrons. The van der Waals surface area contributed by atoms with Gasteiger partial charge in [0.25, 0.3) is 0 Å². The van der Waals surface area contributed by atoms with E-state index < -0.39 is 0 Å². The molecule has 8 heteroatoms. The Morgan fingerprint density at radius 1 is 0.742 bits per heavy atom. The summed E-state index contributed by atoms with van der Waals surface area (Å²) >= 11 is 12.8. The molecule has 0 radical (unpaired) electrons. The van der Waals surface area contributed by atoms with Gasteiger partial charge in [-0.3, -0.25) is 0 Å². The number of halogens is 4. The Labute approximate surface area is 208 Å². The van der Waals surface area contributed by atoms with Crippen LogP contribution in [0, 0.1) is 13.8 Å². The van der Waals surface area contributed by atoms with Crippen LogP contribution in [0.1, 0.15) is 36.4 Å². The molecule has 0 aliphatic heterocycles. The average Bonchev–Trinajstić information content (AvgIpc) is 2.72. The molecule has 0 amide bonds. The summed E-state index contributed by atoms with van der Waals surface area (Å²) in [5, 5.41) is 1.25. The summed E-state index contributed by atoms with van der Waals surface area (Å²) < 4.78 is 0. The van der Waals surface area contributed by atoms with Gasteiger partial charge in [0.15, 0.2) is 0 Å². The van der Waals surface area contributed by atoms with E-state index in [-0.39, 0.29) is 13.1 Å². The van der Waals surface area contributed by atoms with Gasteiger partial charge in [-0.25, -0.2) is 15.0 Å². The van der Waals surface area contributed by atoms with E-state index in [1.54, 1.807) is 0 Å². The van der Waals surface area contributed by atoms with Gasteiger partial charge in [0.1, 0.15) is 0 Å². The van der Waals surface area contributed by atoms with E-state index in [2.05, 4.69) is 9.98 Å². The molecule has 1 aromatic heterocycles. The van der Waals surface area contributed by atoms with Gasteiger partial charge in [0, 0.05) is 0 Å². The van der Waals surface area contributed by atoms with E-state index in [0.717, 1.165) is 45.3 Å². The summed E-state index contributed by atoms with van der Waals surface area (Å²) in [4.78, 5) is 14.0. The number of aromatic nitrogens is 1. The van der Waals surface area contributed by atoms with Gasteiger partial charge in [-0.15, -0.1) is 0 Å². The number of hydrogen-bond acceptors (Lipinski definition) is 3. The maximum atomic E-state index is 6.30. The van der Waals surface area contributed by atoms with Crippen molar-refractivity contribution in [2.75, 3.05) is 0 Å². The SMILES string of the molecule is CC(=Nc1ccc(C)cc1Cl)c1cccc(C(C)=Nc2ccc(C)cc2Cl)n1.[Cl][Fe][Cl]. The first-order valence-electron chi connectivity index (χ1n) is 9.21. The predicted molar refractivity (Wildman–Crippen MR) is 132 cm³/mol. The number of pyridine rings is 1. The fourth-order valence-electron chi connectivity index (χ4n) is 2.72. The summed E-state index contributed by atoms with van der Waals surface area (Å²) in [5.74, 6) is 0. The third kappa shape index (κ3) is 7.91. The van der Waals surface area contributed by atoms with Crippen molar-refractivity contribution in [2.24, 2.45) is 9.98 Å². The Morgan fingerprint density at radius 2 is 1.13 bits per heavy atom. The van der Waals surface area contributed by atoms with E-state index in [4.69, 9.17) is 48.4 Å². The zero-order valence-corrected chi connectivity index (χ0v) is 21.5. The standard InChI is InChI=1S/C23H21Cl2N3.2ClH.Fe/c1-14-8-10-22(18(24)12-14)26-16(3)20-6-5-7-21(28-20)17(4)27-23-11-9-15(2)13-19(23)25;;;/h5-13H,1-4H3;2*1H;/q;;;+2/p-2. The van der Waals surface area contributed by atoms with E-state index in [1.807, 2.05) is 82.3 Å². The Morgan fingerprint density at radius 3 is 1.48 bits per heavy atom. The normalized spacial score (nSPS) is 11.9. The molecule has 1 heterocycles. The van der Waals surface area contributed by atoms with Gasteiger partial charge in [-0.05, 0) is 75.2 Å². The Hall–Kier alpha value is -1.39. The molecule has 0 unspecified atom stereocenters. The zero-order valence-electron chi connectivity index (χ0n) is 17.4. The molecule has 0 aliphatic rings. The molecule has 0 spiro atoms. The second-order valence-corrected chi connectivity index (χ2v) is 9.40. The first kappa shape index (κ1) is 25.9. The zero-order chi connectivity index (χ0) is 23.0. The number of hydrogen-bond donors (Lipinski definition) is 0. The number of aliphatic imine (C=N–C) groups is 2. The van der Waals surface area contributed by atoms with Gasteiger partial charge in [-0.2, -0.15) is 0 Å². The number of benzene rings is 2. The predicted octanol–water partition coefficient (Wildman–Crippen LogP) is 8.66. The molecule has 0 fully saturated rings. The molecule has 3 aromatic rings. The van der Waals surface area contributed by atoms with Crippen LogP contribution < -0.4 is 0 Å². The Balaban J connectivity index is 0.00000107. The first-order valence-corrected chi connectivity index (χ1v) is 13.0. The van der Waals surface area contributed by atoms with Gasteiger partial charge < -0.3 is 0 Å². The third-order valence-corrected chi connectivity index (χ3v) is 4.88. The van der Waals surface area contributed by atoms with Crippen LogP contribution in [0.3, 0.4) is 0 Å². The summed E-state index contributed by atoms with van der Waals surface area (Å²) in [7, 11) is 9.53. The second-order valence-electron chi connectivity index (χ2n) is 6.76. The van der Waals surface area contributed by atoms with Crippen LogP contribution in [0.15, 0.2) is 64.6 Å². The quantitative estimate of drug-likeness (QED) is 0.243. The van der Waals surface area contributed by atoms with Gasteiger partial charge in [0.05, 0.1) is 44.2 Å². The van der Waals surface area contributed by atoms with Crippen LogP contribution >= 0.6 is 43.4 Å². The van der Waals surface area contributed by atoms with E-state index in [0.29, 0.717) is 10.0 Å². The van der Waals surface area contributed by atoms with Gasteiger partial charge in [-0.1, -0.05) is 41.4 Å². The Bertz CT molecular complexity index is 1030. The molecular formula is C23H21Cl4FeN3. The van der Waals surface area contributed by atoms with Crippen LogP contribution in [-0.2, 0) is 13.1 Å². The topological polar surface area (TPSA) is 37.6 Å². The summed E-state index contributed by atoms with van der Waals surface area (Å²) in [6, 6.07) is 17.4. The summed E-state index contributed by atoms with van der Waals surface area (Å²) in [5.41, 5.74) is 6.79. The fraction of sp³-hybridized carbons (Fsp3) is 0.174. The van der Waals surface area contributed by atoms with Gasteiger partial charge in [0.2, 0.25) is 0 Å². The molecule has 2 aromatic carbocycles. The molecule has 0 saturated heterocycles. The van der Waals surface area contributed by atoms with Crippen molar-refractivity contribution >= 4 is 66.2 Å². The van der Waals surface area contributed by atoms with Crippen molar-refractivity contribution in [1.29, 1.82) is 0 Å². The van der Waals surface area contributed by atoms with Crippen molar-refractivity contribution < 1.29 is 13.1 Å². The minimum atomic E-state index is 0.194. The van der Waals surface area contributed by atoms with Crippen LogP contribution in [0.2, 0.25) is 10.0 Å². The minimum absolute atomic E-state index is 0.194. The Kier molecular flexibility index (Phi) is 10.5. The number of nitrogens with zero attached hydrogens (tertiary/aromatic N) is 3. The summed E-state index contributed by atoms with van der Waals surface area (Å²) in [6.07, 6.45) is 0. The van der Waals surface area contributed by atoms with Crippen LogP contribution in [0.25, 0.3) is 0 Å². The maximum absolute atomic E-state index is 6.30. The molecule has 3 rings (SSSR count). The van der Waals surface area contributed by atoms with Crippen LogP contribution in [0.5, 0.6) is 0 Å². The van der Waals surface area contributed by atoms with E-state index in [1.165, 1.54) is 0 Å². The molecule has 0 atom stereocenters. The van der Waals surface area contributed by atoms with Crippen molar-refractivity contribution in [1.82, 2.24) is 4.98 Å². The van der Waals surface area contributed by atoms with Crippen molar-refractivity contribution in [3.8, 4) is 0 Å². The van der Waals surface area contributed by atoms with Crippen LogP contribution in [-0.4, -0.2) is 16.4 Å². The molecule has 0 aliphatic carbocycles. The summed E-state index contributed by atoms with van der Waals surface area (Å²) in [6.45, 7) is 7.84. The van der Waals surface area contributed by atoms with E-state index >= 15 is 0 Å².